The lowest BCUT2D eigenvalue weighted by Crippen LogP contribution is -2.72. The number of benzene rings is 2. The van der Waals surface area contributed by atoms with Gasteiger partial charge in [0, 0.05) is 61.0 Å². The molecule has 0 N–H and O–H groups in total. The number of hydrogen-bond donors (Lipinski definition) is 0. The van der Waals surface area contributed by atoms with Crippen molar-refractivity contribution in [3.63, 3.8) is 0 Å². The van der Waals surface area contributed by atoms with Crippen molar-refractivity contribution >= 4 is 16.7 Å². The highest BCUT2D eigenvalue weighted by Gasteiger charge is 2.51. The van der Waals surface area contributed by atoms with Crippen molar-refractivity contribution in [2.45, 2.75) is 32.7 Å². The van der Waals surface area contributed by atoms with Crippen LogP contribution in [0.4, 0.5) is 5.69 Å². The van der Waals surface area contributed by atoms with Gasteiger partial charge in [0.05, 0.1) is 31.6 Å². The highest BCUT2D eigenvalue weighted by molar-refractivity contribution is 5.84. The van der Waals surface area contributed by atoms with Crippen LogP contribution in [0.25, 0.3) is 33.7 Å². The molecule has 0 radical (unpaired) electrons. The number of fused-ring (bicyclic) bond motifs is 1. The van der Waals surface area contributed by atoms with Crippen molar-refractivity contribution in [2.24, 2.45) is 11.3 Å². The first-order chi connectivity index (χ1) is 18.9. The molecule has 0 bridgehead atoms. The molecule has 7 rings (SSSR count). The molecule has 2 saturated heterocycles. The van der Waals surface area contributed by atoms with E-state index in [0.29, 0.717) is 17.2 Å². The quantitative estimate of drug-likeness (QED) is 0.287. The molecule has 7 heteroatoms. The minimum Gasteiger partial charge on any atom is -0.493 e. The largest absolute Gasteiger partial charge is 0.493 e. The van der Waals surface area contributed by atoms with Crippen molar-refractivity contribution in [3.8, 4) is 34.1 Å². The summed E-state index contributed by atoms with van der Waals surface area (Å²) in [5.74, 6) is 3.13. The fourth-order valence-corrected chi connectivity index (χ4v) is 6.57. The Morgan fingerprint density at radius 1 is 0.897 bits per heavy atom. The van der Waals surface area contributed by atoms with Crippen LogP contribution < -0.4 is 14.4 Å². The molecule has 202 valence electrons. The van der Waals surface area contributed by atoms with Crippen molar-refractivity contribution in [3.05, 3.63) is 54.7 Å². The molecule has 0 atom stereocenters. The maximum atomic E-state index is 5.56. The van der Waals surface area contributed by atoms with E-state index in [4.69, 9.17) is 19.4 Å². The Kier molecular flexibility index (Phi) is 5.81. The summed E-state index contributed by atoms with van der Waals surface area (Å²) in [5, 5.41) is 0. The fraction of sp³-hybridized carbons (Fsp3) is 0.438. The lowest BCUT2D eigenvalue weighted by Gasteiger charge is -2.61. The lowest BCUT2D eigenvalue weighted by atomic mass is 9.72. The average molecular weight is 524 g/mol. The number of ether oxygens (including phenoxy) is 2. The van der Waals surface area contributed by atoms with Crippen LogP contribution in [0.15, 0.2) is 54.7 Å². The molecule has 4 aromatic rings. The Balaban J connectivity index is 1.13. The second-order valence-corrected chi connectivity index (χ2v) is 12.1. The smallest absolute Gasteiger partial charge is 0.161 e. The van der Waals surface area contributed by atoms with Crippen LogP contribution in [0.5, 0.6) is 11.5 Å². The summed E-state index contributed by atoms with van der Waals surface area (Å²) in [4.78, 5) is 14.9. The molecule has 1 aliphatic carbocycles. The van der Waals surface area contributed by atoms with Gasteiger partial charge in [-0.3, -0.25) is 4.98 Å². The van der Waals surface area contributed by atoms with E-state index in [2.05, 4.69) is 64.6 Å². The predicted octanol–water partition coefficient (Wildman–Crippen LogP) is 5.90. The summed E-state index contributed by atoms with van der Waals surface area (Å²) < 4.78 is 13.4. The molecule has 7 nitrogen and oxygen atoms in total. The maximum Gasteiger partial charge on any atom is 0.161 e. The Morgan fingerprint density at radius 3 is 2.28 bits per heavy atom. The third-order valence-corrected chi connectivity index (χ3v) is 8.45. The monoisotopic (exact) mass is 523 g/mol. The zero-order valence-corrected chi connectivity index (χ0v) is 23.4. The van der Waals surface area contributed by atoms with E-state index in [-0.39, 0.29) is 0 Å². The Hall–Kier alpha value is -3.58. The molecule has 2 aromatic heterocycles. The van der Waals surface area contributed by atoms with E-state index in [1.165, 1.54) is 51.3 Å². The van der Waals surface area contributed by atoms with Crippen LogP contribution >= 0.6 is 0 Å². The fourth-order valence-electron chi connectivity index (χ4n) is 6.57. The van der Waals surface area contributed by atoms with Gasteiger partial charge in [-0.2, -0.15) is 0 Å². The van der Waals surface area contributed by atoms with E-state index in [1.807, 2.05) is 18.3 Å². The van der Waals surface area contributed by atoms with E-state index < -0.39 is 0 Å². The first-order valence-corrected chi connectivity index (χ1v) is 14.1. The summed E-state index contributed by atoms with van der Waals surface area (Å²) in [5.41, 5.74) is 7.03. The van der Waals surface area contributed by atoms with E-state index >= 15 is 0 Å². The summed E-state index contributed by atoms with van der Waals surface area (Å²) in [6.45, 7) is 10.7. The lowest BCUT2D eigenvalue weighted by molar-refractivity contribution is -0.0279. The van der Waals surface area contributed by atoms with Crippen LogP contribution in [0.1, 0.15) is 32.7 Å². The Labute approximate surface area is 230 Å². The van der Waals surface area contributed by atoms with Crippen molar-refractivity contribution in [1.82, 2.24) is 19.4 Å². The topological polar surface area (TPSA) is 55.7 Å². The van der Waals surface area contributed by atoms with E-state index in [1.54, 1.807) is 14.2 Å². The van der Waals surface area contributed by atoms with E-state index in [0.717, 1.165) is 45.3 Å². The van der Waals surface area contributed by atoms with Gasteiger partial charge in [0.2, 0.25) is 0 Å². The molecule has 39 heavy (non-hydrogen) atoms. The zero-order valence-electron chi connectivity index (χ0n) is 23.4. The number of anilines is 1. The Morgan fingerprint density at radius 2 is 1.62 bits per heavy atom. The minimum atomic E-state index is 0.470. The average Bonchev–Trinajstić information content (AvgIpc) is 3.67. The van der Waals surface area contributed by atoms with Crippen LogP contribution in [0, 0.1) is 11.3 Å². The second-order valence-electron chi connectivity index (χ2n) is 12.1. The number of likely N-dealkylation sites (tertiary alicyclic amines) is 1. The summed E-state index contributed by atoms with van der Waals surface area (Å²) in [6.07, 6.45) is 4.26. The number of pyridine rings is 1. The molecule has 1 spiro atoms. The molecular weight excluding hydrogens is 486 g/mol. The standard InChI is InChI=1S/C32H37N5O2/c1-21(2)16-35-17-32(18-35)19-36(20-32)24-8-5-22(6-9-24)26-14-28-27(15-33-26)34-31(37(28)25-10-11-25)23-7-12-29(38-3)30(13-23)39-4/h5-9,12-15,21,25H,10-11,16-20H2,1-4H3. The third-order valence-electron chi connectivity index (χ3n) is 8.45. The first kappa shape index (κ1) is 24.5. The van der Waals surface area contributed by atoms with Gasteiger partial charge in [-0.25, -0.2) is 4.98 Å². The van der Waals surface area contributed by atoms with Crippen LogP contribution in [0.3, 0.4) is 0 Å². The van der Waals surface area contributed by atoms with Gasteiger partial charge < -0.3 is 23.8 Å². The first-order valence-electron chi connectivity index (χ1n) is 14.1. The molecule has 0 unspecified atom stereocenters. The molecule has 1 saturated carbocycles. The molecule has 4 heterocycles. The number of rotatable bonds is 8. The second kappa shape index (κ2) is 9.26. The van der Waals surface area contributed by atoms with Crippen LogP contribution in [0.2, 0.25) is 0 Å². The van der Waals surface area contributed by atoms with Gasteiger partial charge in [0.1, 0.15) is 11.3 Å². The molecular formula is C32H37N5O2. The van der Waals surface area contributed by atoms with Gasteiger partial charge in [-0.05, 0) is 55.2 Å². The van der Waals surface area contributed by atoms with Crippen molar-refractivity contribution < 1.29 is 9.47 Å². The third kappa shape index (κ3) is 4.33. The van der Waals surface area contributed by atoms with Gasteiger partial charge in [-0.1, -0.05) is 26.0 Å². The Bertz CT molecular complexity index is 1510. The number of methoxy groups -OCH3 is 2. The summed E-state index contributed by atoms with van der Waals surface area (Å²) in [6, 6.07) is 17.6. The normalized spacial score (nSPS) is 18.4. The van der Waals surface area contributed by atoms with Gasteiger partial charge in [-0.15, -0.1) is 0 Å². The van der Waals surface area contributed by atoms with Gasteiger partial charge in [0.15, 0.2) is 11.5 Å². The number of nitrogens with zero attached hydrogens (tertiary/aromatic N) is 5. The SMILES string of the molecule is COc1ccc(-c2nc3cnc(-c4ccc(N5CC6(CN(CC(C)C)C6)C5)cc4)cc3n2C2CC2)cc1OC. The summed E-state index contributed by atoms with van der Waals surface area (Å²) >= 11 is 0. The van der Waals surface area contributed by atoms with Gasteiger partial charge >= 0.3 is 0 Å². The highest BCUT2D eigenvalue weighted by Crippen LogP contribution is 2.44. The van der Waals surface area contributed by atoms with Crippen molar-refractivity contribution in [2.75, 3.05) is 51.8 Å². The zero-order chi connectivity index (χ0) is 26.7. The number of imidazole rings is 1. The van der Waals surface area contributed by atoms with Crippen LogP contribution in [-0.4, -0.2) is 66.4 Å². The van der Waals surface area contributed by atoms with E-state index in [9.17, 15) is 0 Å². The number of aromatic nitrogens is 3. The molecule has 0 amide bonds. The molecule has 3 aliphatic rings. The number of hydrogen-bond acceptors (Lipinski definition) is 6. The minimum absolute atomic E-state index is 0.470. The molecule has 2 aliphatic heterocycles. The molecule has 3 fully saturated rings. The van der Waals surface area contributed by atoms with Gasteiger partial charge in [0.25, 0.3) is 0 Å². The van der Waals surface area contributed by atoms with Crippen molar-refractivity contribution in [1.29, 1.82) is 0 Å². The maximum absolute atomic E-state index is 5.56. The van der Waals surface area contributed by atoms with Crippen LogP contribution in [-0.2, 0) is 0 Å². The molecule has 2 aromatic carbocycles. The highest BCUT2D eigenvalue weighted by atomic mass is 16.5. The summed E-state index contributed by atoms with van der Waals surface area (Å²) in [7, 11) is 3.33. The predicted molar refractivity (Wildman–Crippen MR) is 156 cm³/mol.